The molecule has 0 bridgehead atoms. The van der Waals surface area contributed by atoms with E-state index in [4.69, 9.17) is 11.6 Å². The van der Waals surface area contributed by atoms with Gasteiger partial charge in [0.15, 0.2) is 5.69 Å². The molecule has 0 spiro atoms. The Labute approximate surface area is 144 Å². The van der Waals surface area contributed by atoms with E-state index in [1.165, 1.54) is 0 Å². The van der Waals surface area contributed by atoms with Gasteiger partial charge >= 0.3 is 0 Å². The number of benzene rings is 1. The Morgan fingerprint density at radius 2 is 2.25 bits per heavy atom. The molecule has 1 saturated heterocycles. The summed E-state index contributed by atoms with van der Waals surface area (Å²) in [5.74, 6) is -0.552. The summed E-state index contributed by atoms with van der Waals surface area (Å²) in [4.78, 5) is 24.4. The van der Waals surface area contributed by atoms with Crippen LogP contribution in [0.1, 0.15) is 35.4 Å². The van der Waals surface area contributed by atoms with Crippen LogP contribution in [0.4, 0.5) is 0 Å². The van der Waals surface area contributed by atoms with Crippen molar-refractivity contribution >= 4 is 23.4 Å². The summed E-state index contributed by atoms with van der Waals surface area (Å²) in [6, 6.07) is 6.59. The minimum atomic E-state index is -0.532. The van der Waals surface area contributed by atoms with Gasteiger partial charge in [0, 0.05) is 11.6 Å². The van der Waals surface area contributed by atoms with Gasteiger partial charge in [0.05, 0.1) is 11.4 Å². The van der Waals surface area contributed by atoms with E-state index in [0.29, 0.717) is 23.7 Å². The predicted octanol–water partition coefficient (Wildman–Crippen LogP) is 1.63. The number of hydrogen-bond donors (Lipinski definition) is 2. The molecule has 0 radical (unpaired) electrons. The second kappa shape index (κ2) is 7.00. The van der Waals surface area contributed by atoms with Crippen molar-refractivity contribution in [2.45, 2.75) is 32.2 Å². The Morgan fingerprint density at radius 1 is 1.42 bits per heavy atom. The van der Waals surface area contributed by atoms with E-state index in [-0.39, 0.29) is 11.6 Å². The quantitative estimate of drug-likeness (QED) is 0.883. The van der Waals surface area contributed by atoms with Crippen LogP contribution in [0.5, 0.6) is 0 Å². The zero-order valence-electron chi connectivity index (χ0n) is 13.3. The number of rotatable bonds is 3. The van der Waals surface area contributed by atoms with Crippen LogP contribution in [0, 0.1) is 6.92 Å². The maximum Gasteiger partial charge on any atom is 0.274 e. The smallest absolute Gasteiger partial charge is 0.274 e. The van der Waals surface area contributed by atoms with Crippen LogP contribution in [-0.4, -0.2) is 39.4 Å². The van der Waals surface area contributed by atoms with Gasteiger partial charge in [-0.25, -0.2) is 4.68 Å². The maximum absolute atomic E-state index is 12.5. The molecule has 1 atom stereocenters. The molecule has 0 aliphatic carbocycles. The number of amides is 2. The average molecular weight is 348 g/mol. The van der Waals surface area contributed by atoms with Crippen LogP contribution < -0.4 is 10.6 Å². The number of hydrogen-bond acceptors (Lipinski definition) is 4. The molecule has 2 heterocycles. The second-order valence-corrected chi connectivity index (χ2v) is 6.16. The fourth-order valence-electron chi connectivity index (χ4n) is 2.70. The third kappa shape index (κ3) is 3.41. The van der Waals surface area contributed by atoms with Gasteiger partial charge in [0.1, 0.15) is 6.04 Å². The summed E-state index contributed by atoms with van der Waals surface area (Å²) in [7, 11) is 0. The van der Waals surface area contributed by atoms with Crippen LogP contribution in [0.15, 0.2) is 24.3 Å². The van der Waals surface area contributed by atoms with Crippen molar-refractivity contribution < 1.29 is 9.59 Å². The molecule has 1 fully saturated rings. The Hall–Kier alpha value is -2.41. The van der Waals surface area contributed by atoms with Gasteiger partial charge in [-0.05, 0) is 44.4 Å². The first-order valence-corrected chi connectivity index (χ1v) is 8.21. The number of carbonyl (C=O) groups is 2. The van der Waals surface area contributed by atoms with Crippen LogP contribution in [-0.2, 0) is 4.79 Å². The fraction of sp³-hybridized carbons (Fsp3) is 0.375. The highest BCUT2D eigenvalue weighted by molar-refractivity contribution is 6.30. The molecule has 126 valence electrons. The van der Waals surface area contributed by atoms with Crippen LogP contribution in [0.2, 0.25) is 5.02 Å². The summed E-state index contributed by atoms with van der Waals surface area (Å²) in [5.41, 5.74) is 1.51. The highest BCUT2D eigenvalue weighted by atomic mass is 35.5. The van der Waals surface area contributed by atoms with E-state index in [1.807, 2.05) is 6.07 Å². The molecule has 0 saturated carbocycles. The molecule has 7 nitrogen and oxygen atoms in total. The van der Waals surface area contributed by atoms with Crippen LogP contribution >= 0.6 is 11.6 Å². The summed E-state index contributed by atoms with van der Waals surface area (Å²) >= 11 is 5.99. The van der Waals surface area contributed by atoms with Crippen LogP contribution in [0.3, 0.4) is 0 Å². The van der Waals surface area contributed by atoms with E-state index in [0.717, 1.165) is 18.5 Å². The van der Waals surface area contributed by atoms with Gasteiger partial charge in [-0.3, -0.25) is 9.59 Å². The largest absolute Gasteiger partial charge is 0.354 e. The highest BCUT2D eigenvalue weighted by Crippen LogP contribution is 2.17. The number of halogens is 1. The minimum Gasteiger partial charge on any atom is -0.354 e. The standard InChI is InChI=1S/C16H18ClN5O2/c1-10-14(16(24)19-13-7-2-3-8-18-15(13)23)20-21-22(10)12-6-4-5-11(17)9-12/h4-6,9,13H,2-3,7-8H2,1H3,(H,18,23)(H,19,24)/t13-/m1/s1. The third-order valence-electron chi connectivity index (χ3n) is 4.00. The molecule has 1 aromatic carbocycles. The molecule has 2 N–H and O–H groups in total. The van der Waals surface area contributed by atoms with Gasteiger partial charge in [-0.15, -0.1) is 5.10 Å². The molecule has 0 unspecified atom stereocenters. The Balaban J connectivity index is 1.80. The number of nitrogens with one attached hydrogen (secondary N) is 2. The number of nitrogens with zero attached hydrogens (tertiary/aromatic N) is 3. The van der Waals surface area contributed by atoms with Crippen molar-refractivity contribution in [1.29, 1.82) is 0 Å². The van der Waals surface area contributed by atoms with E-state index >= 15 is 0 Å². The molecule has 2 amide bonds. The lowest BCUT2D eigenvalue weighted by Crippen LogP contribution is -2.45. The molecule has 1 aromatic heterocycles. The van der Waals surface area contributed by atoms with E-state index in [9.17, 15) is 9.59 Å². The minimum absolute atomic E-state index is 0.152. The SMILES string of the molecule is Cc1c(C(=O)N[C@@H]2CCCCNC2=O)nnn1-c1cccc(Cl)c1. The summed E-state index contributed by atoms with van der Waals surface area (Å²) in [6.45, 7) is 2.40. The third-order valence-corrected chi connectivity index (χ3v) is 4.24. The van der Waals surface area contributed by atoms with Gasteiger partial charge in [0.2, 0.25) is 5.91 Å². The molecule has 2 aromatic rings. The molecular formula is C16H18ClN5O2. The second-order valence-electron chi connectivity index (χ2n) is 5.73. The predicted molar refractivity (Wildman–Crippen MR) is 89.2 cm³/mol. The van der Waals surface area contributed by atoms with Crippen LogP contribution in [0.25, 0.3) is 5.69 Å². The lowest BCUT2D eigenvalue weighted by molar-refractivity contribution is -0.122. The van der Waals surface area contributed by atoms with Crippen molar-refractivity contribution in [3.8, 4) is 5.69 Å². The lowest BCUT2D eigenvalue weighted by atomic mass is 10.1. The van der Waals surface area contributed by atoms with Gasteiger partial charge < -0.3 is 10.6 Å². The van der Waals surface area contributed by atoms with Crippen molar-refractivity contribution in [3.63, 3.8) is 0 Å². The van der Waals surface area contributed by atoms with E-state index in [1.54, 1.807) is 29.8 Å². The Kier molecular flexibility index (Phi) is 4.80. The monoisotopic (exact) mass is 347 g/mol. The summed E-state index contributed by atoms with van der Waals surface area (Å²) in [6.07, 6.45) is 2.43. The van der Waals surface area contributed by atoms with Gasteiger partial charge in [-0.2, -0.15) is 0 Å². The molecule has 3 rings (SSSR count). The Bertz CT molecular complexity index is 774. The number of aromatic nitrogens is 3. The normalized spacial score (nSPS) is 17.9. The molecule has 24 heavy (non-hydrogen) atoms. The zero-order chi connectivity index (χ0) is 17.1. The van der Waals surface area contributed by atoms with E-state index < -0.39 is 11.9 Å². The summed E-state index contributed by atoms with van der Waals surface area (Å²) < 4.78 is 1.55. The van der Waals surface area contributed by atoms with Gasteiger partial charge in [0.25, 0.3) is 5.91 Å². The van der Waals surface area contributed by atoms with Crippen molar-refractivity contribution in [2.75, 3.05) is 6.54 Å². The maximum atomic E-state index is 12.5. The summed E-state index contributed by atoms with van der Waals surface area (Å²) in [5, 5.41) is 14.1. The fourth-order valence-corrected chi connectivity index (χ4v) is 2.88. The highest BCUT2D eigenvalue weighted by Gasteiger charge is 2.25. The first kappa shape index (κ1) is 16.4. The van der Waals surface area contributed by atoms with Crippen molar-refractivity contribution in [2.24, 2.45) is 0 Å². The molecule has 8 heteroatoms. The number of carbonyl (C=O) groups excluding carboxylic acids is 2. The molecule has 1 aliphatic rings. The molecule has 1 aliphatic heterocycles. The van der Waals surface area contributed by atoms with E-state index in [2.05, 4.69) is 20.9 Å². The zero-order valence-corrected chi connectivity index (χ0v) is 14.0. The first-order valence-electron chi connectivity index (χ1n) is 7.83. The topological polar surface area (TPSA) is 88.9 Å². The lowest BCUT2D eigenvalue weighted by Gasteiger charge is -2.14. The Morgan fingerprint density at radius 3 is 3.04 bits per heavy atom. The first-order chi connectivity index (χ1) is 11.6. The van der Waals surface area contributed by atoms with Gasteiger partial charge in [-0.1, -0.05) is 22.9 Å². The van der Waals surface area contributed by atoms with Crippen molar-refractivity contribution in [3.05, 3.63) is 40.7 Å². The average Bonchev–Trinajstić information content (AvgIpc) is 2.83. The van der Waals surface area contributed by atoms with Crippen molar-refractivity contribution in [1.82, 2.24) is 25.6 Å². The molecular weight excluding hydrogens is 330 g/mol.